The number of hydrogen-bond acceptors (Lipinski definition) is 2. The number of hydroxylamine groups is 3. The average Bonchev–Trinajstić information content (AvgIpc) is 1.80. The van der Waals surface area contributed by atoms with Crippen molar-refractivity contribution in [1.82, 2.24) is 0 Å². The highest BCUT2D eigenvalue weighted by Gasteiger charge is 2.51. The summed E-state index contributed by atoms with van der Waals surface area (Å²) < 4.78 is -0.267. The van der Waals surface area contributed by atoms with Gasteiger partial charge in [-0.05, 0) is 27.7 Å². The van der Waals surface area contributed by atoms with Gasteiger partial charge in [-0.25, -0.2) is 0 Å². The Labute approximate surface area is 80.5 Å². The fraction of sp³-hybridized carbons (Fsp3) is 1.00. The van der Waals surface area contributed by atoms with E-state index in [1.54, 1.807) is 7.05 Å². The van der Waals surface area contributed by atoms with Crippen LogP contribution < -0.4 is 0 Å². The Morgan fingerprint density at radius 2 is 1.46 bits per heavy atom. The first-order valence-electron chi connectivity index (χ1n) is 4.86. The molecule has 3 nitrogen and oxygen atoms in total. The van der Waals surface area contributed by atoms with E-state index < -0.39 is 0 Å². The SMILES string of the molecule is CC1(C)CC(O)CC(C)(C)[N+]1(C)[O-]. The van der Waals surface area contributed by atoms with Crippen LogP contribution in [0.3, 0.4) is 0 Å². The van der Waals surface area contributed by atoms with Gasteiger partial charge in [-0.2, -0.15) is 0 Å². The second-order valence-electron chi connectivity index (χ2n) is 5.61. The maximum atomic E-state index is 12.4. The van der Waals surface area contributed by atoms with Crippen LogP contribution >= 0.6 is 0 Å². The van der Waals surface area contributed by atoms with E-state index in [9.17, 15) is 10.3 Å². The smallest absolute Gasteiger partial charge is 0.0959 e. The highest BCUT2D eigenvalue weighted by Crippen LogP contribution is 2.43. The lowest BCUT2D eigenvalue weighted by Crippen LogP contribution is -2.70. The number of likely N-dealkylation sites (tertiary alicyclic amines) is 1. The fourth-order valence-corrected chi connectivity index (χ4v) is 2.39. The lowest BCUT2D eigenvalue weighted by atomic mass is 9.78. The van der Waals surface area contributed by atoms with Crippen molar-refractivity contribution >= 4 is 0 Å². The molecule has 1 fully saturated rings. The third kappa shape index (κ3) is 1.49. The average molecular weight is 187 g/mol. The van der Waals surface area contributed by atoms with Crippen LogP contribution in [0.1, 0.15) is 40.5 Å². The monoisotopic (exact) mass is 187 g/mol. The Morgan fingerprint density at radius 1 is 1.15 bits per heavy atom. The van der Waals surface area contributed by atoms with E-state index in [0.29, 0.717) is 12.8 Å². The minimum Gasteiger partial charge on any atom is -0.632 e. The summed E-state index contributed by atoms with van der Waals surface area (Å²) >= 11 is 0. The van der Waals surface area contributed by atoms with E-state index in [-0.39, 0.29) is 21.8 Å². The lowest BCUT2D eigenvalue weighted by Gasteiger charge is -2.64. The molecule has 0 aliphatic carbocycles. The molecule has 1 saturated heterocycles. The molecule has 13 heavy (non-hydrogen) atoms. The van der Waals surface area contributed by atoms with E-state index in [4.69, 9.17) is 0 Å². The Bertz CT molecular complexity index is 189. The minimum atomic E-state index is -0.388. The summed E-state index contributed by atoms with van der Waals surface area (Å²) in [7, 11) is 1.71. The number of aliphatic hydroxyl groups excluding tert-OH is 1. The topological polar surface area (TPSA) is 43.3 Å². The zero-order valence-electron chi connectivity index (χ0n) is 9.29. The van der Waals surface area contributed by atoms with Crippen LogP contribution in [0.4, 0.5) is 0 Å². The van der Waals surface area contributed by atoms with Gasteiger partial charge in [0.25, 0.3) is 0 Å². The molecule has 1 aliphatic rings. The molecule has 0 spiro atoms. The third-order valence-electron chi connectivity index (χ3n) is 3.78. The lowest BCUT2D eigenvalue weighted by molar-refractivity contribution is -0.962. The standard InChI is InChI=1S/C10H21NO2/c1-9(2)6-8(12)7-10(3,4)11(9,5)13/h8,12H,6-7H2,1-5H3. The molecular formula is C10H21NO2. The molecule has 0 radical (unpaired) electrons. The molecular weight excluding hydrogens is 166 g/mol. The van der Waals surface area contributed by atoms with Crippen LogP contribution in [-0.4, -0.2) is 34.0 Å². The summed E-state index contributed by atoms with van der Waals surface area (Å²) in [6.45, 7) is 7.74. The van der Waals surface area contributed by atoms with Gasteiger partial charge >= 0.3 is 0 Å². The van der Waals surface area contributed by atoms with E-state index in [1.165, 1.54) is 0 Å². The first-order chi connectivity index (χ1) is 5.60. The van der Waals surface area contributed by atoms with Gasteiger partial charge in [-0.1, -0.05) is 0 Å². The first-order valence-corrected chi connectivity index (χ1v) is 4.86. The summed E-state index contributed by atoms with van der Waals surface area (Å²) in [5, 5.41) is 22.1. The molecule has 0 aromatic carbocycles. The fourth-order valence-electron chi connectivity index (χ4n) is 2.39. The van der Waals surface area contributed by atoms with Gasteiger partial charge < -0.3 is 15.0 Å². The van der Waals surface area contributed by atoms with Gasteiger partial charge in [0.2, 0.25) is 0 Å². The second-order valence-corrected chi connectivity index (χ2v) is 5.61. The number of quaternary nitrogens is 1. The molecule has 0 aromatic heterocycles. The highest BCUT2D eigenvalue weighted by molar-refractivity contribution is 4.90. The Hall–Kier alpha value is -0.120. The third-order valence-corrected chi connectivity index (χ3v) is 3.78. The zero-order chi connectivity index (χ0) is 10.5. The van der Waals surface area contributed by atoms with Crippen LogP contribution in [0, 0.1) is 5.21 Å². The molecule has 0 saturated carbocycles. The molecule has 3 heteroatoms. The van der Waals surface area contributed by atoms with Crippen molar-refractivity contribution in [3.05, 3.63) is 5.21 Å². The number of rotatable bonds is 0. The maximum absolute atomic E-state index is 12.4. The normalized spacial score (nSPS) is 43.2. The van der Waals surface area contributed by atoms with Crippen LogP contribution in [0.2, 0.25) is 0 Å². The number of hydrogen-bond donors (Lipinski definition) is 1. The van der Waals surface area contributed by atoms with Crippen LogP contribution in [0.5, 0.6) is 0 Å². The summed E-state index contributed by atoms with van der Waals surface area (Å²) in [6.07, 6.45) is 0.859. The van der Waals surface area contributed by atoms with Crippen molar-refractivity contribution in [2.45, 2.75) is 57.7 Å². The Morgan fingerprint density at radius 3 is 1.77 bits per heavy atom. The molecule has 0 atom stereocenters. The van der Waals surface area contributed by atoms with Gasteiger partial charge in [-0.3, -0.25) is 0 Å². The van der Waals surface area contributed by atoms with E-state index in [2.05, 4.69) is 0 Å². The van der Waals surface area contributed by atoms with Crippen molar-refractivity contribution in [2.24, 2.45) is 0 Å². The van der Waals surface area contributed by atoms with E-state index in [1.807, 2.05) is 27.7 Å². The van der Waals surface area contributed by atoms with Crippen molar-refractivity contribution < 1.29 is 9.75 Å². The molecule has 0 amide bonds. The van der Waals surface area contributed by atoms with Crippen LogP contribution in [-0.2, 0) is 0 Å². The molecule has 0 unspecified atom stereocenters. The zero-order valence-corrected chi connectivity index (χ0v) is 9.29. The first kappa shape index (κ1) is 11.0. The number of piperidine rings is 1. The summed E-state index contributed by atoms with van der Waals surface area (Å²) in [5.74, 6) is 0. The molecule has 1 aliphatic heterocycles. The maximum Gasteiger partial charge on any atom is 0.0959 e. The van der Waals surface area contributed by atoms with Crippen molar-refractivity contribution in [1.29, 1.82) is 0 Å². The van der Waals surface area contributed by atoms with E-state index in [0.717, 1.165) is 0 Å². The van der Waals surface area contributed by atoms with Crippen LogP contribution in [0.15, 0.2) is 0 Å². The van der Waals surface area contributed by atoms with Gasteiger partial charge in [0.05, 0.1) is 24.2 Å². The second kappa shape index (κ2) is 2.69. The Kier molecular flexibility index (Phi) is 2.26. The van der Waals surface area contributed by atoms with Gasteiger partial charge in [0, 0.05) is 12.8 Å². The molecule has 0 bridgehead atoms. The van der Waals surface area contributed by atoms with Gasteiger partial charge in [-0.15, -0.1) is 0 Å². The minimum absolute atomic E-state index is 0.267. The molecule has 1 heterocycles. The predicted molar refractivity (Wildman–Crippen MR) is 53.0 cm³/mol. The Balaban J connectivity index is 3.03. The molecule has 1 rings (SSSR count). The van der Waals surface area contributed by atoms with Crippen LogP contribution in [0.25, 0.3) is 0 Å². The summed E-state index contributed by atoms with van der Waals surface area (Å²) in [4.78, 5) is 0. The number of aliphatic hydroxyl groups is 1. The number of nitrogens with zero attached hydrogens (tertiary/aromatic N) is 1. The van der Waals surface area contributed by atoms with Gasteiger partial charge in [0.1, 0.15) is 0 Å². The molecule has 1 N–H and O–H groups in total. The predicted octanol–water partition coefficient (Wildman–Crippen LogP) is 1.64. The van der Waals surface area contributed by atoms with E-state index >= 15 is 0 Å². The van der Waals surface area contributed by atoms with Crippen molar-refractivity contribution in [3.8, 4) is 0 Å². The molecule has 0 aromatic rings. The van der Waals surface area contributed by atoms with Crippen molar-refractivity contribution in [3.63, 3.8) is 0 Å². The van der Waals surface area contributed by atoms with Crippen molar-refractivity contribution in [2.75, 3.05) is 7.05 Å². The summed E-state index contributed by atoms with van der Waals surface area (Å²) in [5.41, 5.74) is -0.775. The largest absolute Gasteiger partial charge is 0.632 e. The quantitative estimate of drug-likeness (QED) is 0.463. The summed E-state index contributed by atoms with van der Waals surface area (Å²) in [6, 6.07) is 0. The van der Waals surface area contributed by atoms with Gasteiger partial charge in [0.15, 0.2) is 0 Å². The highest BCUT2D eigenvalue weighted by atomic mass is 16.6. The molecule has 78 valence electrons.